The molecular formula is C12H17NO2. The number of esters is 1. The standard InChI is InChI=1S/C12H17NO2/c1-10(12(14)15-2)13-9-8-11-6-4-3-5-7-11/h3-7,10,13H,8-9H2,1-2H3. The highest BCUT2D eigenvalue weighted by Crippen LogP contribution is 1.98. The summed E-state index contributed by atoms with van der Waals surface area (Å²) in [6, 6.07) is 9.93. The van der Waals surface area contributed by atoms with Crippen molar-refractivity contribution in [3.05, 3.63) is 35.9 Å². The topological polar surface area (TPSA) is 38.3 Å². The molecule has 1 rings (SSSR count). The summed E-state index contributed by atoms with van der Waals surface area (Å²) < 4.78 is 4.61. The van der Waals surface area contributed by atoms with Gasteiger partial charge in [0.15, 0.2) is 0 Å². The fraction of sp³-hybridized carbons (Fsp3) is 0.417. The largest absolute Gasteiger partial charge is 0.468 e. The summed E-state index contributed by atoms with van der Waals surface area (Å²) in [5, 5.41) is 3.11. The van der Waals surface area contributed by atoms with E-state index in [1.54, 1.807) is 6.92 Å². The summed E-state index contributed by atoms with van der Waals surface area (Å²) in [7, 11) is 1.40. The van der Waals surface area contributed by atoms with Gasteiger partial charge in [-0.05, 0) is 25.5 Å². The van der Waals surface area contributed by atoms with Gasteiger partial charge in [-0.25, -0.2) is 0 Å². The van der Waals surface area contributed by atoms with E-state index in [2.05, 4.69) is 22.2 Å². The Morgan fingerprint density at radius 3 is 2.67 bits per heavy atom. The zero-order chi connectivity index (χ0) is 11.1. The van der Waals surface area contributed by atoms with E-state index in [-0.39, 0.29) is 12.0 Å². The highest BCUT2D eigenvalue weighted by atomic mass is 16.5. The molecule has 3 heteroatoms. The van der Waals surface area contributed by atoms with Gasteiger partial charge in [-0.2, -0.15) is 0 Å². The molecule has 1 aromatic rings. The molecule has 0 aliphatic carbocycles. The smallest absolute Gasteiger partial charge is 0.322 e. The van der Waals surface area contributed by atoms with Gasteiger partial charge in [0.1, 0.15) is 6.04 Å². The zero-order valence-corrected chi connectivity index (χ0v) is 9.19. The molecule has 1 unspecified atom stereocenters. The number of nitrogens with one attached hydrogen (secondary N) is 1. The molecule has 0 aliphatic heterocycles. The van der Waals surface area contributed by atoms with Crippen molar-refractivity contribution in [1.82, 2.24) is 5.32 Å². The van der Waals surface area contributed by atoms with Crippen LogP contribution in [-0.2, 0) is 16.0 Å². The fourth-order valence-electron chi connectivity index (χ4n) is 1.34. The molecule has 0 aromatic heterocycles. The van der Waals surface area contributed by atoms with Crippen LogP contribution >= 0.6 is 0 Å². The normalized spacial score (nSPS) is 12.1. The summed E-state index contributed by atoms with van der Waals surface area (Å²) in [6.07, 6.45) is 0.919. The van der Waals surface area contributed by atoms with Gasteiger partial charge in [0.05, 0.1) is 7.11 Å². The second-order valence-corrected chi connectivity index (χ2v) is 3.43. The van der Waals surface area contributed by atoms with Gasteiger partial charge in [0.25, 0.3) is 0 Å². The molecule has 1 N–H and O–H groups in total. The number of ether oxygens (including phenoxy) is 1. The molecule has 0 saturated carbocycles. The lowest BCUT2D eigenvalue weighted by Crippen LogP contribution is -2.36. The molecule has 0 bridgehead atoms. The van der Waals surface area contributed by atoms with E-state index in [1.807, 2.05) is 18.2 Å². The van der Waals surface area contributed by atoms with Crippen molar-refractivity contribution in [1.29, 1.82) is 0 Å². The first-order chi connectivity index (χ1) is 7.24. The van der Waals surface area contributed by atoms with Crippen LogP contribution in [0.25, 0.3) is 0 Å². The monoisotopic (exact) mass is 207 g/mol. The third-order valence-corrected chi connectivity index (χ3v) is 2.26. The van der Waals surface area contributed by atoms with Gasteiger partial charge in [-0.15, -0.1) is 0 Å². The van der Waals surface area contributed by atoms with Crippen LogP contribution in [0.2, 0.25) is 0 Å². The molecule has 15 heavy (non-hydrogen) atoms. The summed E-state index contributed by atoms with van der Waals surface area (Å²) in [5.41, 5.74) is 1.27. The fourth-order valence-corrected chi connectivity index (χ4v) is 1.34. The molecule has 0 spiro atoms. The molecule has 82 valence electrons. The molecular weight excluding hydrogens is 190 g/mol. The Morgan fingerprint density at radius 2 is 2.07 bits per heavy atom. The summed E-state index contributed by atoms with van der Waals surface area (Å²) >= 11 is 0. The minimum Gasteiger partial charge on any atom is -0.468 e. The van der Waals surface area contributed by atoms with E-state index < -0.39 is 0 Å². The lowest BCUT2D eigenvalue weighted by atomic mass is 10.1. The predicted molar refractivity (Wildman–Crippen MR) is 59.6 cm³/mol. The number of benzene rings is 1. The van der Waals surface area contributed by atoms with E-state index in [4.69, 9.17) is 0 Å². The first-order valence-corrected chi connectivity index (χ1v) is 5.09. The molecule has 0 aliphatic rings. The minimum absolute atomic E-state index is 0.219. The first-order valence-electron chi connectivity index (χ1n) is 5.09. The van der Waals surface area contributed by atoms with Crippen LogP contribution in [0, 0.1) is 0 Å². The number of hydrogen-bond donors (Lipinski definition) is 1. The van der Waals surface area contributed by atoms with Gasteiger partial charge < -0.3 is 10.1 Å². The maximum absolute atomic E-state index is 11.1. The molecule has 0 fully saturated rings. The predicted octanol–water partition coefficient (Wildman–Crippen LogP) is 1.38. The highest BCUT2D eigenvalue weighted by Gasteiger charge is 2.10. The number of rotatable bonds is 5. The van der Waals surface area contributed by atoms with Gasteiger partial charge in [0, 0.05) is 0 Å². The van der Waals surface area contributed by atoms with Gasteiger partial charge in [0.2, 0.25) is 0 Å². The average Bonchev–Trinajstić information content (AvgIpc) is 2.29. The Morgan fingerprint density at radius 1 is 1.40 bits per heavy atom. The highest BCUT2D eigenvalue weighted by molar-refractivity contribution is 5.75. The summed E-state index contributed by atoms with van der Waals surface area (Å²) in [4.78, 5) is 11.1. The molecule has 0 amide bonds. The Labute approximate surface area is 90.4 Å². The molecule has 3 nitrogen and oxygen atoms in total. The van der Waals surface area contributed by atoms with E-state index in [1.165, 1.54) is 12.7 Å². The van der Waals surface area contributed by atoms with Crippen molar-refractivity contribution >= 4 is 5.97 Å². The minimum atomic E-state index is -0.237. The van der Waals surface area contributed by atoms with Crippen molar-refractivity contribution in [3.63, 3.8) is 0 Å². The van der Waals surface area contributed by atoms with Crippen molar-refractivity contribution in [2.75, 3.05) is 13.7 Å². The van der Waals surface area contributed by atoms with E-state index in [0.29, 0.717) is 0 Å². The quantitative estimate of drug-likeness (QED) is 0.741. The Bertz CT molecular complexity index is 298. The second kappa shape index (κ2) is 6.19. The molecule has 1 aromatic carbocycles. The van der Waals surface area contributed by atoms with E-state index in [9.17, 15) is 4.79 Å². The average molecular weight is 207 g/mol. The molecule has 1 atom stereocenters. The van der Waals surface area contributed by atoms with Crippen molar-refractivity contribution in [2.45, 2.75) is 19.4 Å². The van der Waals surface area contributed by atoms with Gasteiger partial charge in [-0.3, -0.25) is 4.79 Å². The first kappa shape index (κ1) is 11.7. The van der Waals surface area contributed by atoms with Crippen LogP contribution < -0.4 is 5.32 Å². The van der Waals surface area contributed by atoms with Crippen molar-refractivity contribution in [2.24, 2.45) is 0 Å². The van der Waals surface area contributed by atoms with Crippen LogP contribution in [-0.4, -0.2) is 25.7 Å². The lowest BCUT2D eigenvalue weighted by molar-refractivity contribution is -0.142. The summed E-state index contributed by atoms with van der Waals surface area (Å²) in [5.74, 6) is -0.219. The van der Waals surface area contributed by atoms with Crippen LogP contribution in [0.15, 0.2) is 30.3 Å². The molecule has 0 radical (unpaired) electrons. The van der Waals surface area contributed by atoms with E-state index >= 15 is 0 Å². The molecule has 0 heterocycles. The van der Waals surface area contributed by atoms with Gasteiger partial charge in [-0.1, -0.05) is 30.3 Å². The maximum Gasteiger partial charge on any atom is 0.322 e. The number of carbonyl (C=O) groups is 1. The van der Waals surface area contributed by atoms with Crippen LogP contribution in [0.1, 0.15) is 12.5 Å². The van der Waals surface area contributed by atoms with Crippen LogP contribution in [0.4, 0.5) is 0 Å². The maximum atomic E-state index is 11.1. The number of carbonyl (C=O) groups excluding carboxylic acids is 1. The third kappa shape index (κ3) is 4.13. The SMILES string of the molecule is COC(=O)C(C)NCCc1ccccc1. The van der Waals surface area contributed by atoms with E-state index in [0.717, 1.165) is 13.0 Å². The zero-order valence-electron chi connectivity index (χ0n) is 9.19. The Kier molecular flexibility index (Phi) is 4.84. The third-order valence-electron chi connectivity index (χ3n) is 2.26. The Balaban J connectivity index is 2.25. The Hall–Kier alpha value is -1.35. The van der Waals surface area contributed by atoms with Crippen LogP contribution in [0.5, 0.6) is 0 Å². The van der Waals surface area contributed by atoms with Crippen LogP contribution in [0.3, 0.4) is 0 Å². The van der Waals surface area contributed by atoms with Crippen molar-refractivity contribution < 1.29 is 9.53 Å². The number of methoxy groups -OCH3 is 1. The van der Waals surface area contributed by atoms with Gasteiger partial charge >= 0.3 is 5.97 Å². The lowest BCUT2D eigenvalue weighted by Gasteiger charge is -2.10. The van der Waals surface area contributed by atoms with Crippen molar-refractivity contribution in [3.8, 4) is 0 Å². The summed E-state index contributed by atoms with van der Waals surface area (Å²) in [6.45, 7) is 2.58. The second-order valence-electron chi connectivity index (χ2n) is 3.43. The molecule has 0 saturated heterocycles. The number of hydrogen-bond acceptors (Lipinski definition) is 3.